The summed E-state index contributed by atoms with van der Waals surface area (Å²) in [6.45, 7) is 0.901. The normalized spacial score (nSPS) is 14.6. The van der Waals surface area contributed by atoms with E-state index in [0.717, 1.165) is 12.2 Å². The van der Waals surface area contributed by atoms with Gasteiger partial charge >= 0.3 is 0 Å². The Kier molecular flexibility index (Phi) is 5.57. The summed E-state index contributed by atoms with van der Waals surface area (Å²) in [5.74, 6) is 2.18. The zero-order valence-electron chi connectivity index (χ0n) is 14.2. The molecule has 0 amide bonds. The van der Waals surface area contributed by atoms with Crippen molar-refractivity contribution in [1.82, 2.24) is 20.2 Å². The van der Waals surface area contributed by atoms with Gasteiger partial charge in [0, 0.05) is 12.6 Å². The molecule has 0 unspecified atom stereocenters. The molecule has 2 heterocycles. The van der Waals surface area contributed by atoms with Crippen LogP contribution in [0.5, 0.6) is 5.88 Å². The molecule has 0 saturated heterocycles. The zero-order valence-corrected chi connectivity index (χ0v) is 14.2. The van der Waals surface area contributed by atoms with E-state index in [2.05, 4.69) is 30.8 Å². The Morgan fingerprint density at radius 3 is 2.68 bits per heavy atom. The van der Waals surface area contributed by atoms with Crippen LogP contribution in [0.1, 0.15) is 37.8 Å². The van der Waals surface area contributed by atoms with Gasteiger partial charge in [0.15, 0.2) is 11.5 Å². The van der Waals surface area contributed by atoms with Gasteiger partial charge in [-0.25, -0.2) is 9.97 Å². The van der Waals surface area contributed by atoms with Crippen LogP contribution in [0.25, 0.3) is 0 Å². The van der Waals surface area contributed by atoms with E-state index in [9.17, 15) is 0 Å². The third-order valence-corrected chi connectivity index (χ3v) is 4.28. The van der Waals surface area contributed by atoms with Crippen LogP contribution in [0, 0.1) is 17.2 Å². The van der Waals surface area contributed by atoms with Gasteiger partial charge in [0.25, 0.3) is 5.88 Å². The first-order chi connectivity index (χ1) is 12.3. The minimum atomic E-state index is 0.265. The molecule has 0 aliphatic heterocycles. The maximum absolute atomic E-state index is 8.76. The SMILES string of the molecule is COc1nnc(Nc2cnc(C#N)cn2)cc1NCC1CCCCC1. The van der Waals surface area contributed by atoms with Gasteiger partial charge in [-0.3, -0.25) is 0 Å². The maximum atomic E-state index is 8.76. The Morgan fingerprint density at radius 1 is 1.16 bits per heavy atom. The highest BCUT2D eigenvalue weighted by atomic mass is 16.5. The van der Waals surface area contributed by atoms with Gasteiger partial charge in [0.1, 0.15) is 17.6 Å². The van der Waals surface area contributed by atoms with Crippen molar-refractivity contribution in [3.8, 4) is 11.9 Å². The standard InChI is InChI=1S/C17H21N7O/c1-25-17-14(20-9-12-5-3-2-4-6-12)7-15(23-24-17)22-16-11-19-13(8-18)10-21-16/h7,10-12H,2-6,9H2,1H3,(H2,20,21,22,23). The maximum Gasteiger partial charge on any atom is 0.256 e. The number of rotatable bonds is 6. The summed E-state index contributed by atoms with van der Waals surface area (Å²) in [7, 11) is 1.58. The van der Waals surface area contributed by atoms with Crippen LogP contribution in [0.3, 0.4) is 0 Å². The molecule has 25 heavy (non-hydrogen) atoms. The van der Waals surface area contributed by atoms with Gasteiger partial charge in [0.2, 0.25) is 0 Å². The minimum absolute atomic E-state index is 0.265. The highest BCUT2D eigenvalue weighted by molar-refractivity contribution is 5.61. The van der Waals surface area contributed by atoms with Gasteiger partial charge in [-0.05, 0) is 18.8 Å². The summed E-state index contributed by atoms with van der Waals surface area (Å²) in [4.78, 5) is 8.09. The predicted molar refractivity (Wildman–Crippen MR) is 93.7 cm³/mol. The fourth-order valence-electron chi connectivity index (χ4n) is 2.95. The highest BCUT2D eigenvalue weighted by Crippen LogP contribution is 2.27. The molecule has 2 N–H and O–H groups in total. The molecule has 130 valence electrons. The smallest absolute Gasteiger partial charge is 0.256 e. The number of methoxy groups -OCH3 is 1. The van der Waals surface area contributed by atoms with Crippen LogP contribution in [0.4, 0.5) is 17.3 Å². The molecule has 2 aromatic rings. The van der Waals surface area contributed by atoms with Gasteiger partial charge in [-0.15, -0.1) is 10.2 Å². The number of hydrogen-bond donors (Lipinski definition) is 2. The Bertz CT molecular complexity index is 736. The number of nitrogens with one attached hydrogen (secondary N) is 2. The number of hydrogen-bond acceptors (Lipinski definition) is 8. The van der Waals surface area contributed by atoms with Crippen molar-refractivity contribution >= 4 is 17.3 Å². The van der Waals surface area contributed by atoms with Crippen LogP contribution >= 0.6 is 0 Å². The molecule has 0 aromatic carbocycles. The number of aromatic nitrogens is 4. The number of ether oxygens (including phenoxy) is 1. The van der Waals surface area contributed by atoms with Crippen LogP contribution < -0.4 is 15.4 Å². The van der Waals surface area contributed by atoms with Crippen molar-refractivity contribution < 1.29 is 4.74 Å². The molecule has 1 aliphatic rings. The van der Waals surface area contributed by atoms with Crippen LogP contribution in [-0.2, 0) is 0 Å². The average Bonchev–Trinajstić information content (AvgIpc) is 2.68. The topological polar surface area (TPSA) is 109 Å². The van der Waals surface area contributed by atoms with Gasteiger partial charge in [-0.2, -0.15) is 5.26 Å². The van der Waals surface area contributed by atoms with Crippen molar-refractivity contribution in [2.24, 2.45) is 5.92 Å². The molecule has 1 saturated carbocycles. The Balaban J connectivity index is 1.68. The lowest BCUT2D eigenvalue weighted by atomic mass is 9.89. The third kappa shape index (κ3) is 4.53. The summed E-state index contributed by atoms with van der Waals surface area (Å²) in [5, 5.41) is 23.4. The van der Waals surface area contributed by atoms with Gasteiger partial charge < -0.3 is 15.4 Å². The first-order valence-corrected chi connectivity index (χ1v) is 8.43. The van der Waals surface area contributed by atoms with E-state index in [1.165, 1.54) is 44.5 Å². The first kappa shape index (κ1) is 16.9. The monoisotopic (exact) mass is 339 g/mol. The van der Waals surface area contributed by atoms with Gasteiger partial charge in [0.05, 0.1) is 19.5 Å². The fourth-order valence-corrected chi connectivity index (χ4v) is 2.95. The summed E-state index contributed by atoms with van der Waals surface area (Å²) in [6, 6.07) is 3.78. The molecule has 0 bridgehead atoms. The molecule has 1 aliphatic carbocycles. The molecular weight excluding hydrogens is 318 g/mol. The van der Waals surface area contributed by atoms with Crippen molar-refractivity contribution in [2.45, 2.75) is 32.1 Å². The lowest BCUT2D eigenvalue weighted by molar-refractivity contribution is 0.370. The van der Waals surface area contributed by atoms with Crippen molar-refractivity contribution in [1.29, 1.82) is 5.26 Å². The van der Waals surface area contributed by atoms with E-state index >= 15 is 0 Å². The van der Waals surface area contributed by atoms with E-state index in [-0.39, 0.29) is 5.69 Å². The van der Waals surface area contributed by atoms with E-state index in [1.807, 2.05) is 12.1 Å². The highest BCUT2D eigenvalue weighted by Gasteiger charge is 2.15. The fraction of sp³-hybridized carbons (Fsp3) is 0.471. The first-order valence-electron chi connectivity index (χ1n) is 8.43. The van der Waals surface area contributed by atoms with Crippen LogP contribution in [0.2, 0.25) is 0 Å². The molecule has 1 fully saturated rings. The van der Waals surface area contributed by atoms with Crippen molar-refractivity contribution in [2.75, 3.05) is 24.3 Å². The summed E-state index contributed by atoms with van der Waals surface area (Å²) < 4.78 is 5.29. The van der Waals surface area contributed by atoms with E-state index in [4.69, 9.17) is 10.00 Å². The minimum Gasteiger partial charge on any atom is -0.478 e. The van der Waals surface area contributed by atoms with E-state index in [1.54, 1.807) is 7.11 Å². The largest absolute Gasteiger partial charge is 0.478 e. The van der Waals surface area contributed by atoms with E-state index < -0.39 is 0 Å². The van der Waals surface area contributed by atoms with Crippen molar-refractivity contribution in [3.05, 3.63) is 24.2 Å². The second-order valence-electron chi connectivity index (χ2n) is 6.06. The Hall–Kier alpha value is -2.95. The molecule has 0 radical (unpaired) electrons. The molecule has 8 nitrogen and oxygen atoms in total. The Morgan fingerprint density at radius 2 is 2.00 bits per heavy atom. The number of nitriles is 1. The van der Waals surface area contributed by atoms with Gasteiger partial charge in [-0.1, -0.05) is 19.3 Å². The molecule has 0 atom stereocenters. The lowest BCUT2D eigenvalue weighted by Crippen LogP contribution is -2.18. The molecule has 3 rings (SSSR count). The summed E-state index contributed by atoms with van der Waals surface area (Å²) >= 11 is 0. The number of anilines is 3. The quantitative estimate of drug-likeness (QED) is 0.827. The molecule has 2 aromatic heterocycles. The third-order valence-electron chi connectivity index (χ3n) is 4.28. The molecule has 8 heteroatoms. The van der Waals surface area contributed by atoms with Crippen LogP contribution in [0.15, 0.2) is 18.5 Å². The Labute approximate surface area is 146 Å². The average molecular weight is 339 g/mol. The molecular formula is C17H21N7O. The van der Waals surface area contributed by atoms with Crippen molar-refractivity contribution in [3.63, 3.8) is 0 Å². The lowest BCUT2D eigenvalue weighted by Gasteiger charge is -2.22. The second-order valence-corrected chi connectivity index (χ2v) is 6.06. The van der Waals surface area contributed by atoms with E-state index in [0.29, 0.717) is 23.4 Å². The zero-order chi connectivity index (χ0) is 17.5. The predicted octanol–water partition coefficient (Wildman–Crippen LogP) is 2.88. The molecule has 0 spiro atoms. The number of nitrogens with zero attached hydrogens (tertiary/aromatic N) is 5. The summed E-state index contributed by atoms with van der Waals surface area (Å²) in [5.41, 5.74) is 1.06. The van der Waals surface area contributed by atoms with Crippen LogP contribution in [-0.4, -0.2) is 33.8 Å². The summed E-state index contributed by atoms with van der Waals surface area (Å²) in [6.07, 6.45) is 9.38. The second kappa shape index (κ2) is 8.24.